The third-order valence-corrected chi connectivity index (χ3v) is 9.21. The molecule has 0 spiro atoms. The molecule has 12 nitrogen and oxygen atoms in total. The fourth-order valence-electron chi connectivity index (χ4n) is 6.30. The monoisotopic (exact) mass is 671 g/mol. The molecule has 0 radical (unpaired) electrons. The maximum atomic E-state index is 13.6. The lowest BCUT2D eigenvalue weighted by molar-refractivity contribution is -0.130. The van der Waals surface area contributed by atoms with Crippen molar-refractivity contribution in [1.82, 2.24) is 36.6 Å². The second kappa shape index (κ2) is 16.4. The molecule has 4 aromatic rings. The molecule has 1 aliphatic carbocycles. The van der Waals surface area contributed by atoms with Crippen molar-refractivity contribution in [3.05, 3.63) is 83.9 Å². The average Bonchev–Trinajstić information content (AvgIpc) is 3.84. The Balaban J connectivity index is 0.00000451. The van der Waals surface area contributed by atoms with Crippen LogP contribution in [0.4, 0.5) is 5.69 Å². The molecule has 0 bridgehead atoms. The summed E-state index contributed by atoms with van der Waals surface area (Å²) in [5, 5.41) is 26.3. The molecular formula is C35H42ClN9O3. The van der Waals surface area contributed by atoms with E-state index in [1.165, 1.54) is 0 Å². The molecule has 6 rings (SSSR count). The van der Waals surface area contributed by atoms with Crippen molar-refractivity contribution in [2.45, 2.75) is 50.6 Å². The number of H-pyrrole nitrogens is 1. The van der Waals surface area contributed by atoms with Crippen LogP contribution in [0, 0.1) is 11.8 Å². The molecule has 1 aliphatic heterocycles. The molecule has 1 saturated heterocycles. The number of benzene rings is 3. The lowest BCUT2D eigenvalue weighted by Crippen LogP contribution is -2.48. The highest BCUT2D eigenvalue weighted by atomic mass is 35.5. The van der Waals surface area contributed by atoms with Gasteiger partial charge in [-0.1, -0.05) is 36.4 Å². The van der Waals surface area contributed by atoms with Gasteiger partial charge in [-0.05, 0) is 109 Å². The van der Waals surface area contributed by atoms with Crippen LogP contribution in [-0.2, 0) is 16.0 Å². The first-order valence-electron chi connectivity index (χ1n) is 16.3. The molecule has 2 fully saturated rings. The Bertz CT molecular complexity index is 1630. The zero-order valence-electron chi connectivity index (χ0n) is 26.7. The number of nitrogens with one attached hydrogen (secondary N) is 5. The van der Waals surface area contributed by atoms with E-state index in [0.717, 1.165) is 67.4 Å². The second-order valence-electron chi connectivity index (χ2n) is 12.5. The summed E-state index contributed by atoms with van der Waals surface area (Å²) < 4.78 is 0. The van der Waals surface area contributed by atoms with Crippen molar-refractivity contribution >= 4 is 35.8 Å². The Morgan fingerprint density at radius 1 is 0.854 bits per heavy atom. The molecule has 13 heteroatoms. The molecule has 48 heavy (non-hydrogen) atoms. The molecule has 1 aromatic heterocycles. The number of aromatic nitrogens is 4. The summed E-state index contributed by atoms with van der Waals surface area (Å²) in [5.74, 6) is 0.312. The van der Waals surface area contributed by atoms with Crippen LogP contribution < -0.4 is 27.0 Å². The number of amides is 3. The van der Waals surface area contributed by atoms with Crippen molar-refractivity contribution in [3.63, 3.8) is 0 Å². The van der Waals surface area contributed by atoms with E-state index in [0.29, 0.717) is 36.0 Å². The summed E-state index contributed by atoms with van der Waals surface area (Å²) >= 11 is 0. The Morgan fingerprint density at radius 2 is 1.52 bits per heavy atom. The molecule has 252 valence electrons. The second-order valence-corrected chi connectivity index (χ2v) is 12.5. The quantitative estimate of drug-likeness (QED) is 0.140. The van der Waals surface area contributed by atoms with E-state index in [2.05, 4.69) is 41.9 Å². The van der Waals surface area contributed by atoms with Crippen LogP contribution in [0.5, 0.6) is 0 Å². The minimum atomic E-state index is -0.773. The Kier molecular flexibility index (Phi) is 11.9. The van der Waals surface area contributed by atoms with Gasteiger partial charge in [0.1, 0.15) is 6.04 Å². The highest BCUT2D eigenvalue weighted by Gasteiger charge is 2.29. The zero-order chi connectivity index (χ0) is 32.6. The average molecular weight is 672 g/mol. The van der Waals surface area contributed by atoms with Crippen molar-refractivity contribution in [3.8, 4) is 22.5 Å². The first-order chi connectivity index (χ1) is 22.9. The van der Waals surface area contributed by atoms with Gasteiger partial charge in [-0.2, -0.15) is 5.21 Å². The van der Waals surface area contributed by atoms with Gasteiger partial charge in [0.25, 0.3) is 5.91 Å². The number of carbonyl (C=O) groups excluding carboxylic acids is 3. The lowest BCUT2D eigenvalue weighted by Gasteiger charge is -2.28. The Hall–Kier alpha value is -4.65. The summed E-state index contributed by atoms with van der Waals surface area (Å²) in [5.41, 5.74) is 10.7. The number of hydrogen-bond donors (Lipinski definition) is 6. The van der Waals surface area contributed by atoms with Gasteiger partial charge in [-0.25, -0.2) is 0 Å². The number of halogens is 1. The van der Waals surface area contributed by atoms with Crippen LogP contribution in [0.25, 0.3) is 22.5 Å². The minimum Gasteiger partial charge on any atom is -0.348 e. The topological polar surface area (TPSA) is 180 Å². The van der Waals surface area contributed by atoms with Crippen LogP contribution in [0.1, 0.15) is 48.0 Å². The standard InChI is InChI=1S/C35H41N9O3.ClH/c36-20-23-3-7-27(8-4-23)34(46)40-31(35(47)38-29-15-13-26(14-16-29)32-41-43-44-42-32)19-22-1-5-24(6-2-22)25-9-11-28(12-10-25)33(45)39-30-17-18-37-21-30;/h1-2,5-6,9-16,23,27,30-31,37H,3-4,7-8,17-21,36H2,(H,38,47)(H,39,45)(H,40,46)(H,41,42,43,44);1H/t23-,27-,30-,31+;/m1./s1. The number of nitrogens with two attached hydrogens (primary N) is 1. The molecule has 2 aliphatic rings. The molecule has 0 unspecified atom stereocenters. The van der Waals surface area contributed by atoms with Gasteiger partial charge in [0.05, 0.1) is 0 Å². The number of aromatic amines is 1. The molecule has 3 aromatic carbocycles. The predicted octanol–water partition coefficient (Wildman–Crippen LogP) is 3.48. The van der Waals surface area contributed by atoms with E-state index in [1.54, 1.807) is 24.3 Å². The number of nitrogens with zero attached hydrogens (tertiary/aromatic N) is 3. The lowest BCUT2D eigenvalue weighted by atomic mass is 9.81. The number of hydrogen-bond acceptors (Lipinski definition) is 8. The SMILES string of the molecule is Cl.NC[C@H]1CC[C@H](C(=O)N[C@@H](Cc2ccc(-c3ccc(C(=O)N[C@@H]4CCNC4)cc3)cc2)C(=O)Nc2ccc(-c3nn[nH]n3)cc2)CC1. The zero-order valence-corrected chi connectivity index (χ0v) is 27.5. The largest absolute Gasteiger partial charge is 0.348 e. The van der Waals surface area contributed by atoms with Gasteiger partial charge in [0.2, 0.25) is 17.6 Å². The molecule has 3 amide bonds. The van der Waals surface area contributed by atoms with Gasteiger partial charge in [0, 0.05) is 41.7 Å². The van der Waals surface area contributed by atoms with Crippen LogP contribution in [0.15, 0.2) is 72.8 Å². The van der Waals surface area contributed by atoms with Crippen molar-refractivity contribution in [2.24, 2.45) is 17.6 Å². The highest BCUT2D eigenvalue weighted by molar-refractivity contribution is 5.98. The third kappa shape index (κ3) is 8.82. The summed E-state index contributed by atoms with van der Waals surface area (Å²) in [6.45, 7) is 2.36. The van der Waals surface area contributed by atoms with Crippen molar-refractivity contribution in [2.75, 3.05) is 25.0 Å². The summed E-state index contributed by atoms with van der Waals surface area (Å²) in [6, 6.07) is 22.0. The number of carbonyl (C=O) groups is 3. The fourth-order valence-corrected chi connectivity index (χ4v) is 6.30. The van der Waals surface area contributed by atoms with Gasteiger partial charge in [-0.3, -0.25) is 14.4 Å². The number of rotatable bonds is 11. The third-order valence-electron chi connectivity index (χ3n) is 9.21. The van der Waals surface area contributed by atoms with E-state index in [4.69, 9.17) is 5.73 Å². The molecule has 2 heterocycles. The summed E-state index contributed by atoms with van der Waals surface area (Å²) in [7, 11) is 0. The maximum absolute atomic E-state index is 13.6. The molecular weight excluding hydrogens is 630 g/mol. The van der Waals surface area contributed by atoms with Gasteiger partial charge < -0.3 is 27.0 Å². The van der Waals surface area contributed by atoms with Crippen LogP contribution in [-0.4, -0.2) is 70.1 Å². The maximum Gasteiger partial charge on any atom is 0.251 e. The normalized spacial score (nSPS) is 19.5. The van der Waals surface area contributed by atoms with E-state index >= 15 is 0 Å². The smallest absolute Gasteiger partial charge is 0.251 e. The van der Waals surface area contributed by atoms with Crippen molar-refractivity contribution < 1.29 is 14.4 Å². The van der Waals surface area contributed by atoms with Crippen LogP contribution in [0.2, 0.25) is 0 Å². The summed E-state index contributed by atoms with van der Waals surface area (Å²) in [4.78, 5) is 39.6. The molecule has 1 saturated carbocycles. The molecule has 7 N–H and O–H groups in total. The first-order valence-corrected chi connectivity index (χ1v) is 16.3. The highest BCUT2D eigenvalue weighted by Crippen LogP contribution is 2.28. The predicted molar refractivity (Wildman–Crippen MR) is 186 cm³/mol. The van der Waals surface area contributed by atoms with Gasteiger partial charge in [-0.15, -0.1) is 22.6 Å². The minimum absolute atomic E-state index is 0. The Morgan fingerprint density at radius 3 is 2.12 bits per heavy atom. The fraction of sp³-hybridized carbons (Fsp3) is 0.371. The number of anilines is 1. The van der Waals surface area contributed by atoms with Crippen LogP contribution in [0.3, 0.4) is 0 Å². The van der Waals surface area contributed by atoms with Crippen molar-refractivity contribution in [1.29, 1.82) is 0 Å². The van der Waals surface area contributed by atoms with Gasteiger partial charge in [0.15, 0.2) is 0 Å². The Labute approximate surface area is 285 Å². The van der Waals surface area contributed by atoms with E-state index in [1.807, 2.05) is 48.5 Å². The first kappa shape index (κ1) is 34.7. The number of tetrazole rings is 1. The van der Waals surface area contributed by atoms with Gasteiger partial charge >= 0.3 is 0 Å². The van der Waals surface area contributed by atoms with E-state index < -0.39 is 6.04 Å². The molecule has 2 atom stereocenters. The van der Waals surface area contributed by atoms with E-state index in [-0.39, 0.29) is 42.1 Å². The summed E-state index contributed by atoms with van der Waals surface area (Å²) in [6.07, 6.45) is 4.64. The van der Waals surface area contributed by atoms with E-state index in [9.17, 15) is 14.4 Å². The van der Waals surface area contributed by atoms with Crippen LogP contribution >= 0.6 is 12.4 Å².